The van der Waals surface area contributed by atoms with Gasteiger partial charge in [-0.15, -0.1) is 0 Å². The standard InChI is InChI=1S/C24H24F2N2O3S/c1-28(2)14-5-15-31-23-6-3-4-7-24(23)32(29,30)21-13-12-20(27-17-21)11-9-18-8-10-19(25)16-22(18)26/h3-4,6-13,16-17H,5,14-15H2,1-2H3/b11-9+. The minimum atomic E-state index is -3.84. The molecule has 5 nitrogen and oxygen atoms in total. The van der Waals surface area contributed by atoms with Crippen LogP contribution < -0.4 is 4.74 Å². The summed E-state index contributed by atoms with van der Waals surface area (Å²) in [7, 11) is 0.0754. The van der Waals surface area contributed by atoms with Crippen LogP contribution in [0.4, 0.5) is 8.78 Å². The molecule has 0 aliphatic rings. The third-order valence-corrected chi connectivity index (χ3v) is 6.39. The normalized spacial score (nSPS) is 11.9. The van der Waals surface area contributed by atoms with E-state index < -0.39 is 21.5 Å². The Labute approximate surface area is 186 Å². The second-order valence-electron chi connectivity index (χ2n) is 7.37. The average Bonchev–Trinajstić information content (AvgIpc) is 2.76. The molecule has 0 spiro atoms. The second kappa shape index (κ2) is 10.5. The van der Waals surface area contributed by atoms with Gasteiger partial charge in [0.25, 0.3) is 0 Å². The molecule has 0 fully saturated rings. The van der Waals surface area contributed by atoms with Crippen molar-refractivity contribution in [2.75, 3.05) is 27.2 Å². The van der Waals surface area contributed by atoms with E-state index in [0.717, 1.165) is 25.1 Å². The number of halogens is 2. The van der Waals surface area contributed by atoms with Crippen LogP contribution in [-0.4, -0.2) is 45.5 Å². The SMILES string of the molecule is CN(C)CCCOc1ccccc1S(=O)(=O)c1ccc(/C=C/c2ccc(F)cc2F)nc1. The van der Waals surface area contributed by atoms with Crippen LogP contribution in [0.3, 0.4) is 0 Å². The quantitative estimate of drug-likeness (QED) is 0.435. The predicted octanol–water partition coefficient (Wildman–Crippen LogP) is 4.69. The molecule has 32 heavy (non-hydrogen) atoms. The molecule has 0 radical (unpaired) electrons. The summed E-state index contributed by atoms with van der Waals surface area (Å²) in [6.45, 7) is 1.22. The van der Waals surface area contributed by atoms with Crippen molar-refractivity contribution >= 4 is 22.0 Å². The van der Waals surface area contributed by atoms with Gasteiger partial charge < -0.3 is 9.64 Å². The number of aromatic nitrogens is 1. The minimum Gasteiger partial charge on any atom is -0.492 e. The van der Waals surface area contributed by atoms with Gasteiger partial charge in [0.2, 0.25) is 9.84 Å². The van der Waals surface area contributed by atoms with Gasteiger partial charge in [-0.05, 0) is 69.1 Å². The molecule has 0 amide bonds. The van der Waals surface area contributed by atoms with Gasteiger partial charge in [-0.1, -0.05) is 12.1 Å². The molecule has 0 unspecified atom stereocenters. The van der Waals surface area contributed by atoms with Gasteiger partial charge in [-0.3, -0.25) is 4.98 Å². The Hall–Kier alpha value is -3.10. The minimum absolute atomic E-state index is 0.0203. The number of ether oxygens (including phenoxy) is 1. The van der Waals surface area contributed by atoms with Crippen LogP contribution >= 0.6 is 0 Å². The van der Waals surface area contributed by atoms with Gasteiger partial charge in [0, 0.05) is 24.4 Å². The Kier molecular flexibility index (Phi) is 7.71. The van der Waals surface area contributed by atoms with Crippen molar-refractivity contribution in [3.8, 4) is 5.75 Å². The maximum absolute atomic E-state index is 13.7. The number of nitrogens with zero attached hydrogens (tertiary/aromatic N) is 2. The van der Waals surface area contributed by atoms with Crippen LogP contribution in [-0.2, 0) is 9.84 Å². The first-order chi connectivity index (χ1) is 15.3. The van der Waals surface area contributed by atoms with E-state index in [-0.39, 0.29) is 15.4 Å². The molecule has 2 aromatic carbocycles. The molecule has 0 bridgehead atoms. The number of sulfone groups is 1. The Morgan fingerprint density at radius 3 is 2.50 bits per heavy atom. The highest BCUT2D eigenvalue weighted by Crippen LogP contribution is 2.29. The lowest BCUT2D eigenvalue weighted by Gasteiger charge is -2.13. The summed E-state index contributed by atoms with van der Waals surface area (Å²) < 4.78 is 58.7. The van der Waals surface area contributed by atoms with E-state index in [1.807, 2.05) is 19.0 Å². The first kappa shape index (κ1) is 23.6. The molecule has 0 saturated carbocycles. The largest absolute Gasteiger partial charge is 0.492 e. The number of hydrogen-bond donors (Lipinski definition) is 0. The molecule has 1 heterocycles. The fraction of sp³-hybridized carbons (Fsp3) is 0.208. The van der Waals surface area contributed by atoms with Crippen molar-refractivity contribution in [2.24, 2.45) is 0 Å². The lowest BCUT2D eigenvalue weighted by Crippen LogP contribution is -2.16. The fourth-order valence-electron chi connectivity index (χ4n) is 2.94. The van der Waals surface area contributed by atoms with E-state index in [0.29, 0.717) is 18.1 Å². The van der Waals surface area contributed by atoms with E-state index >= 15 is 0 Å². The molecule has 0 aliphatic heterocycles. The molecular formula is C24H24F2N2O3S. The zero-order chi connectivity index (χ0) is 23.1. The zero-order valence-corrected chi connectivity index (χ0v) is 18.6. The lowest BCUT2D eigenvalue weighted by molar-refractivity contribution is 0.276. The summed E-state index contributed by atoms with van der Waals surface area (Å²) in [5.41, 5.74) is 0.631. The summed E-state index contributed by atoms with van der Waals surface area (Å²) in [5, 5.41) is 0. The number of benzene rings is 2. The Morgan fingerprint density at radius 1 is 1.03 bits per heavy atom. The molecule has 8 heteroatoms. The number of hydrogen-bond acceptors (Lipinski definition) is 5. The summed E-state index contributed by atoms with van der Waals surface area (Å²) in [5.74, 6) is -1.06. The third kappa shape index (κ3) is 5.99. The van der Waals surface area contributed by atoms with Crippen molar-refractivity contribution in [1.29, 1.82) is 0 Å². The zero-order valence-electron chi connectivity index (χ0n) is 17.8. The smallest absolute Gasteiger partial charge is 0.211 e. The highest BCUT2D eigenvalue weighted by Gasteiger charge is 2.22. The van der Waals surface area contributed by atoms with Crippen LogP contribution in [0.25, 0.3) is 12.2 Å². The molecule has 3 aromatic rings. The van der Waals surface area contributed by atoms with E-state index in [1.54, 1.807) is 18.2 Å². The fourth-order valence-corrected chi connectivity index (χ4v) is 4.28. The van der Waals surface area contributed by atoms with E-state index in [1.165, 1.54) is 42.6 Å². The Balaban J connectivity index is 1.77. The van der Waals surface area contributed by atoms with E-state index in [9.17, 15) is 17.2 Å². The van der Waals surface area contributed by atoms with Gasteiger partial charge in [0.15, 0.2) is 0 Å². The number of pyridine rings is 1. The first-order valence-electron chi connectivity index (χ1n) is 9.98. The monoisotopic (exact) mass is 458 g/mol. The summed E-state index contributed by atoms with van der Waals surface area (Å²) >= 11 is 0. The van der Waals surface area contributed by atoms with Gasteiger partial charge in [0.1, 0.15) is 22.3 Å². The molecular weight excluding hydrogens is 434 g/mol. The van der Waals surface area contributed by atoms with Gasteiger partial charge in [-0.2, -0.15) is 0 Å². The predicted molar refractivity (Wildman–Crippen MR) is 120 cm³/mol. The van der Waals surface area contributed by atoms with Gasteiger partial charge >= 0.3 is 0 Å². The van der Waals surface area contributed by atoms with Crippen molar-refractivity contribution in [3.63, 3.8) is 0 Å². The third-order valence-electron chi connectivity index (χ3n) is 4.61. The molecule has 168 valence electrons. The summed E-state index contributed by atoms with van der Waals surface area (Å²) in [6, 6.07) is 12.7. The second-order valence-corrected chi connectivity index (χ2v) is 9.29. The maximum Gasteiger partial charge on any atom is 0.211 e. The topological polar surface area (TPSA) is 59.5 Å². The van der Waals surface area contributed by atoms with Crippen LogP contribution in [0.5, 0.6) is 5.75 Å². The average molecular weight is 459 g/mol. The molecule has 0 aliphatic carbocycles. The van der Waals surface area contributed by atoms with Crippen LogP contribution in [0.2, 0.25) is 0 Å². The maximum atomic E-state index is 13.7. The van der Waals surface area contributed by atoms with Crippen molar-refractivity contribution in [3.05, 3.63) is 83.7 Å². The van der Waals surface area contributed by atoms with Crippen molar-refractivity contribution in [1.82, 2.24) is 9.88 Å². The highest BCUT2D eigenvalue weighted by atomic mass is 32.2. The van der Waals surface area contributed by atoms with Crippen LogP contribution in [0, 0.1) is 11.6 Å². The molecule has 0 N–H and O–H groups in total. The van der Waals surface area contributed by atoms with Crippen molar-refractivity contribution in [2.45, 2.75) is 16.2 Å². The van der Waals surface area contributed by atoms with Crippen LogP contribution in [0.15, 0.2) is 70.6 Å². The van der Waals surface area contributed by atoms with Crippen molar-refractivity contribution < 1.29 is 21.9 Å². The van der Waals surface area contributed by atoms with E-state index in [4.69, 9.17) is 4.74 Å². The lowest BCUT2D eigenvalue weighted by atomic mass is 10.2. The Bertz CT molecular complexity index is 1190. The van der Waals surface area contributed by atoms with Crippen LogP contribution in [0.1, 0.15) is 17.7 Å². The van der Waals surface area contributed by atoms with Gasteiger partial charge in [0.05, 0.1) is 17.2 Å². The molecule has 1 aromatic heterocycles. The number of para-hydroxylation sites is 1. The van der Waals surface area contributed by atoms with E-state index in [2.05, 4.69) is 4.98 Å². The summed E-state index contributed by atoms with van der Waals surface area (Å²) in [6.07, 6.45) is 4.98. The first-order valence-corrected chi connectivity index (χ1v) is 11.5. The summed E-state index contributed by atoms with van der Waals surface area (Å²) in [4.78, 5) is 6.27. The molecule has 3 rings (SSSR count). The van der Waals surface area contributed by atoms with Gasteiger partial charge in [-0.25, -0.2) is 17.2 Å². The molecule has 0 saturated heterocycles. The Morgan fingerprint density at radius 2 is 1.81 bits per heavy atom. The molecule has 0 atom stereocenters. The highest BCUT2D eigenvalue weighted by molar-refractivity contribution is 7.91. The number of rotatable bonds is 9.